The number of fused-ring (bicyclic) bond motifs is 2. The second-order valence-corrected chi connectivity index (χ2v) is 6.79. The molecule has 2 nitrogen and oxygen atoms in total. The van der Waals surface area contributed by atoms with E-state index < -0.39 is 9.71 Å². The largest absolute Gasteiger partial charge is 0.253 e. The lowest BCUT2D eigenvalue weighted by Gasteiger charge is -2.22. The van der Waals surface area contributed by atoms with E-state index in [-0.39, 0.29) is 0 Å². The fraction of sp³-hybridized carbons (Fsp3) is 0.727. The van der Waals surface area contributed by atoms with Crippen molar-refractivity contribution in [2.75, 3.05) is 5.75 Å². The molecule has 1 saturated carbocycles. The second kappa shape index (κ2) is 3.70. The van der Waals surface area contributed by atoms with Crippen molar-refractivity contribution in [3.63, 3.8) is 0 Å². The molecule has 2 bridgehead atoms. The molecule has 3 heteroatoms. The Balaban J connectivity index is 1.96. The zero-order chi connectivity index (χ0) is 10.2. The SMILES string of the molecule is C=S(=O)(CCC)NC1CC2C=CC1C2. The summed E-state index contributed by atoms with van der Waals surface area (Å²) < 4.78 is 15.2. The summed E-state index contributed by atoms with van der Waals surface area (Å²) >= 11 is 0. The molecule has 0 radical (unpaired) electrons. The van der Waals surface area contributed by atoms with Crippen molar-refractivity contribution in [2.45, 2.75) is 32.2 Å². The molecule has 0 spiro atoms. The van der Waals surface area contributed by atoms with Gasteiger partial charge in [0.25, 0.3) is 0 Å². The second-order valence-electron chi connectivity index (χ2n) is 4.52. The molecule has 0 aromatic carbocycles. The Morgan fingerprint density at radius 1 is 1.50 bits per heavy atom. The Morgan fingerprint density at radius 3 is 2.79 bits per heavy atom. The Kier molecular flexibility index (Phi) is 2.71. The number of hydrogen-bond donors (Lipinski definition) is 1. The number of hydrogen-bond acceptors (Lipinski definition) is 1. The van der Waals surface area contributed by atoms with Crippen LogP contribution in [0.15, 0.2) is 12.2 Å². The van der Waals surface area contributed by atoms with Crippen LogP contribution in [-0.4, -0.2) is 21.9 Å². The van der Waals surface area contributed by atoms with Crippen LogP contribution in [0, 0.1) is 11.8 Å². The van der Waals surface area contributed by atoms with E-state index in [0.29, 0.717) is 17.7 Å². The van der Waals surface area contributed by atoms with Gasteiger partial charge in [0, 0.05) is 21.5 Å². The van der Waals surface area contributed by atoms with Crippen LogP contribution in [0.25, 0.3) is 0 Å². The van der Waals surface area contributed by atoms with Crippen molar-refractivity contribution in [1.29, 1.82) is 0 Å². The van der Waals surface area contributed by atoms with Crippen molar-refractivity contribution in [3.8, 4) is 0 Å². The Labute approximate surface area is 86.9 Å². The average Bonchev–Trinajstić information content (AvgIpc) is 2.63. The highest BCUT2D eigenvalue weighted by atomic mass is 32.2. The van der Waals surface area contributed by atoms with E-state index in [1.54, 1.807) is 0 Å². The van der Waals surface area contributed by atoms with Crippen LogP contribution >= 0.6 is 0 Å². The van der Waals surface area contributed by atoms with Gasteiger partial charge in [0.1, 0.15) is 0 Å². The van der Waals surface area contributed by atoms with Crippen molar-refractivity contribution in [2.24, 2.45) is 11.8 Å². The van der Waals surface area contributed by atoms with Crippen molar-refractivity contribution >= 4 is 15.6 Å². The summed E-state index contributed by atoms with van der Waals surface area (Å²) in [5.41, 5.74) is 0. The first-order valence-electron chi connectivity index (χ1n) is 5.41. The summed E-state index contributed by atoms with van der Waals surface area (Å²) in [6, 6.07) is 0.418. The molecule has 0 heterocycles. The third-order valence-corrected chi connectivity index (χ3v) is 4.98. The molecule has 1 N–H and O–H groups in total. The van der Waals surface area contributed by atoms with Crippen molar-refractivity contribution in [1.82, 2.24) is 4.72 Å². The van der Waals surface area contributed by atoms with Crippen LogP contribution < -0.4 is 4.72 Å². The van der Waals surface area contributed by atoms with Gasteiger partial charge in [0.2, 0.25) is 0 Å². The summed E-state index contributed by atoms with van der Waals surface area (Å²) in [6.45, 7) is 2.05. The quantitative estimate of drug-likeness (QED) is 0.557. The molecule has 80 valence electrons. The number of rotatable bonds is 4. The van der Waals surface area contributed by atoms with Gasteiger partial charge in [-0.2, -0.15) is 0 Å². The standard InChI is InChI=1S/C11H19NOS/c1-3-6-14(2,13)12-11-8-9-4-5-10(11)7-9/h4-5,9-11H,2-3,6-8H2,1H3,(H,12,13). The zero-order valence-corrected chi connectivity index (χ0v) is 9.56. The van der Waals surface area contributed by atoms with Gasteiger partial charge in [-0.1, -0.05) is 19.1 Å². The predicted molar refractivity (Wildman–Crippen MR) is 62.7 cm³/mol. The van der Waals surface area contributed by atoms with Crippen LogP contribution in [0.3, 0.4) is 0 Å². The summed E-state index contributed by atoms with van der Waals surface area (Å²) in [5, 5.41) is 0. The molecule has 0 aromatic rings. The molecule has 4 atom stereocenters. The Hall–Kier alpha value is -0.280. The monoisotopic (exact) mass is 213 g/mol. The summed E-state index contributed by atoms with van der Waals surface area (Å²) in [4.78, 5) is 0. The lowest BCUT2D eigenvalue weighted by molar-refractivity contribution is 0.528. The van der Waals surface area contributed by atoms with E-state index in [1.807, 2.05) is 6.92 Å². The molecule has 2 rings (SSSR count). The van der Waals surface area contributed by atoms with E-state index in [0.717, 1.165) is 18.8 Å². The van der Waals surface area contributed by atoms with E-state index in [9.17, 15) is 4.21 Å². The molecular formula is C11H19NOS. The highest BCUT2D eigenvalue weighted by molar-refractivity contribution is 7.98. The summed E-state index contributed by atoms with van der Waals surface area (Å²) in [5.74, 6) is 5.84. The van der Waals surface area contributed by atoms with E-state index in [2.05, 4.69) is 22.7 Å². The highest BCUT2D eigenvalue weighted by Gasteiger charge is 2.36. The minimum absolute atomic E-state index is 0.418. The molecule has 4 unspecified atom stereocenters. The van der Waals surface area contributed by atoms with Gasteiger partial charge in [-0.25, -0.2) is 4.72 Å². The molecule has 0 aromatic heterocycles. The molecule has 0 aliphatic heterocycles. The van der Waals surface area contributed by atoms with E-state index in [1.165, 1.54) is 6.42 Å². The van der Waals surface area contributed by atoms with Crippen molar-refractivity contribution in [3.05, 3.63) is 12.2 Å². The van der Waals surface area contributed by atoms with Crippen LogP contribution in [0.5, 0.6) is 0 Å². The number of nitrogens with one attached hydrogen (secondary N) is 1. The van der Waals surface area contributed by atoms with Gasteiger partial charge in [0.15, 0.2) is 0 Å². The maximum Gasteiger partial charge on any atom is 0.0286 e. The van der Waals surface area contributed by atoms with Crippen molar-refractivity contribution < 1.29 is 4.21 Å². The normalized spacial score (nSPS) is 38.8. The van der Waals surface area contributed by atoms with Gasteiger partial charge < -0.3 is 0 Å². The first-order valence-corrected chi connectivity index (χ1v) is 7.31. The van der Waals surface area contributed by atoms with E-state index >= 15 is 0 Å². The molecule has 1 fully saturated rings. The van der Waals surface area contributed by atoms with Gasteiger partial charge in [-0.15, -0.1) is 0 Å². The third-order valence-electron chi connectivity index (χ3n) is 3.18. The van der Waals surface area contributed by atoms with Crippen LogP contribution in [-0.2, 0) is 9.71 Å². The molecule has 0 amide bonds. The van der Waals surface area contributed by atoms with Gasteiger partial charge >= 0.3 is 0 Å². The molecule has 2 aliphatic rings. The highest BCUT2D eigenvalue weighted by Crippen LogP contribution is 2.39. The predicted octanol–water partition coefficient (Wildman–Crippen LogP) is 1.58. The van der Waals surface area contributed by atoms with E-state index in [4.69, 9.17) is 0 Å². The van der Waals surface area contributed by atoms with Crippen LogP contribution in [0.4, 0.5) is 0 Å². The number of allylic oxidation sites excluding steroid dienone is 1. The lowest BCUT2D eigenvalue weighted by atomic mass is 10.0. The van der Waals surface area contributed by atoms with Crippen LogP contribution in [0.1, 0.15) is 26.2 Å². The lowest BCUT2D eigenvalue weighted by Crippen LogP contribution is -2.38. The van der Waals surface area contributed by atoms with Gasteiger partial charge in [-0.3, -0.25) is 4.21 Å². The maximum absolute atomic E-state index is 12.0. The average molecular weight is 213 g/mol. The fourth-order valence-corrected chi connectivity index (χ4v) is 4.18. The molecule has 14 heavy (non-hydrogen) atoms. The Morgan fingerprint density at radius 2 is 2.29 bits per heavy atom. The third kappa shape index (κ3) is 2.04. The van der Waals surface area contributed by atoms with Gasteiger partial charge in [0.05, 0.1) is 0 Å². The van der Waals surface area contributed by atoms with Crippen LogP contribution in [0.2, 0.25) is 0 Å². The Bertz CT molecular complexity index is 331. The topological polar surface area (TPSA) is 29.1 Å². The van der Waals surface area contributed by atoms with Gasteiger partial charge in [-0.05, 0) is 37.0 Å². The zero-order valence-electron chi connectivity index (χ0n) is 8.74. The minimum atomic E-state index is -2.02. The maximum atomic E-state index is 12.0. The minimum Gasteiger partial charge on any atom is -0.253 e. The molecule has 0 saturated heterocycles. The smallest absolute Gasteiger partial charge is 0.0286 e. The first-order chi connectivity index (χ1) is 6.61. The fourth-order valence-electron chi connectivity index (χ4n) is 2.58. The summed E-state index contributed by atoms with van der Waals surface area (Å²) in [7, 11) is -2.02. The summed E-state index contributed by atoms with van der Waals surface area (Å²) in [6.07, 6.45) is 7.91. The molecule has 2 aliphatic carbocycles. The first kappa shape index (κ1) is 10.2. The molecular weight excluding hydrogens is 194 g/mol.